The van der Waals surface area contributed by atoms with E-state index in [0.717, 1.165) is 0 Å². The monoisotopic (exact) mass is 221 g/mol. The molecule has 0 radical (unpaired) electrons. The Morgan fingerprint density at radius 1 is 1.14 bits per heavy atom. The quantitative estimate of drug-likeness (QED) is 0.545. The van der Waals surface area contributed by atoms with Crippen molar-refractivity contribution in [3.8, 4) is 0 Å². The zero-order valence-electron chi connectivity index (χ0n) is 7.63. The Hall–Kier alpha value is -0.430. The molecular weight excluding hydrogens is 209 g/mol. The van der Waals surface area contributed by atoms with Gasteiger partial charge in [-0.15, -0.1) is 0 Å². The van der Waals surface area contributed by atoms with E-state index in [4.69, 9.17) is 0 Å². The van der Waals surface area contributed by atoms with Crippen LogP contribution in [-0.2, 0) is 4.74 Å². The number of halogens is 5. The number of ether oxygens (including phenoxy) is 1. The van der Waals surface area contributed by atoms with Crippen LogP contribution in [0.2, 0.25) is 0 Å². The summed E-state index contributed by atoms with van der Waals surface area (Å²) in [6.07, 6.45) is -5.57. The molecule has 1 N–H and O–H groups in total. The fourth-order valence-corrected chi connectivity index (χ4v) is 0.719. The number of alkyl halides is 5. The lowest BCUT2D eigenvalue weighted by molar-refractivity contribution is -0.153. The second-order valence-electron chi connectivity index (χ2n) is 2.80. The lowest BCUT2D eigenvalue weighted by Gasteiger charge is -2.16. The summed E-state index contributed by atoms with van der Waals surface area (Å²) < 4.78 is 64.0. The highest BCUT2D eigenvalue weighted by Crippen LogP contribution is 2.20. The van der Waals surface area contributed by atoms with Gasteiger partial charge < -0.3 is 10.1 Å². The summed E-state index contributed by atoms with van der Waals surface area (Å²) in [5.74, 6) is -3.12. The average Bonchev–Trinajstić information content (AvgIpc) is 1.96. The SMILES string of the molecule is CNCC(F)(F)COCCC(F)(F)F. The maximum absolute atomic E-state index is 12.6. The Bertz CT molecular complexity index is 159. The molecule has 0 heterocycles. The molecule has 0 saturated carbocycles. The minimum atomic E-state index is -4.36. The van der Waals surface area contributed by atoms with Gasteiger partial charge in [-0.2, -0.15) is 13.2 Å². The van der Waals surface area contributed by atoms with E-state index >= 15 is 0 Å². The van der Waals surface area contributed by atoms with Gasteiger partial charge in [0.15, 0.2) is 0 Å². The van der Waals surface area contributed by atoms with E-state index in [0.29, 0.717) is 0 Å². The van der Waals surface area contributed by atoms with E-state index in [1.54, 1.807) is 0 Å². The van der Waals surface area contributed by atoms with Crippen LogP contribution in [0.1, 0.15) is 6.42 Å². The lowest BCUT2D eigenvalue weighted by atomic mass is 10.3. The zero-order chi connectivity index (χ0) is 11.2. The van der Waals surface area contributed by atoms with Crippen molar-refractivity contribution in [1.29, 1.82) is 0 Å². The molecule has 0 bridgehead atoms. The molecule has 86 valence electrons. The third kappa shape index (κ3) is 8.18. The van der Waals surface area contributed by atoms with Crippen LogP contribution in [0.3, 0.4) is 0 Å². The summed E-state index contributed by atoms with van der Waals surface area (Å²) in [7, 11) is 1.32. The summed E-state index contributed by atoms with van der Waals surface area (Å²) in [4.78, 5) is 0. The molecule has 0 atom stereocenters. The third-order valence-electron chi connectivity index (χ3n) is 1.28. The van der Waals surface area contributed by atoms with Gasteiger partial charge in [0.1, 0.15) is 6.61 Å². The first kappa shape index (κ1) is 13.6. The standard InChI is InChI=1S/C7H12F5NO/c1-13-4-6(8,9)5-14-3-2-7(10,11)12/h13H,2-5H2,1H3. The van der Waals surface area contributed by atoms with Gasteiger partial charge in [0.25, 0.3) is 5.92 Å². The molecule has 0 aromatic rings. The molecule has 0 saturated heterocycles. The molecule has 0 rings (SSSR count). The molecule has 0 aromatic carbocycles. The van der Waals surface area contributed by atoms with Crippen LogP contribution in [0.15, 0.2) is 0 Å². The predicted molar refractivity (Wildman–Crippen MR) is 40.4 cm³/mol. The lowest BCUT2D eigenvalue weighted by Crippen LogP contribution is -2.35. The van der Waals surface area contributed by atoms with Crippen LogP contribution in [0.4, 0.5) is 22.0 Å². The molecule has 0 aliphatic rings. The topological polar surface area (TPSA) is 21.3 Å². The van der Waals surface area contributed by atoms with E-state index in [1.165, 1.54) is 7.05 Å². The molecule has 2 nitrogen and oxygen atoms in total. The molecule has 7 heteroatoms. The maximum atomic E-state index is 12.6. The van der Waals surface area contributed by atoms with Gasteiger partial charge >= 0.3 is 6.18 Å². The van der Waals surface area contributed by atoms with Crippen LogP contribution in [0.25, 0.3) is 0 Å². The van der Waals surface area contributed by atoms with Gasteiger partial charge in [0, 0.05) is 0 Å². The molecule has 0 amide bonds. The average molecular weight is 221 g/mol. The second-order valence-corrected chi connectivity index (χ2v) is 2.80. The Balaban J connectivity index is 3.54. The van der Waals surface area contributed by atoms with Crippen LogP contribution in [-0.4, -0.2) is 38.9 Å². The molecule has 0 aromatic heterocycles. The van der Waals surface area contributed by atoms with E-state index in [2.05, 4.69) is 10.1 Å². The second kappa shape index (κ2) is 5.45. The number of hydrogen-bond acceptors (Lipinski definition) is 2. The predicted octanol–water partition coefficient (Wildman–Crippen LogP) is 1.81. The summed E-state index contributed by atoms with van der Waals surface area (Å²) in [6, 6.07) is 0. The molecule has 0 fully saturated rings. The van der Waals surface area contributed by atoms with Gasteiger partial charge in [-0.05, 0) is 7.05 Å². The highest BCUT2D eigenvalue weighted by molar-refractivity contribution is 4.67. The van der Waals surface area contributed by atoms with Crippen molar-refractivity contribution in [2.24, 2.45) is 0 Å². The van der Waals surface area contributed by atoms with E-state index in [9.17, 15) is 22.0 Å². The van der Waals surface area contributed by atoms with E-state index in [1.807, 2.05) is 0 Å². The third-order valence-corrected chi connectivity index (χ3v) is 1.28. The van der Waals surface area contributed by atoms with E-state index in [-0.39, 0.29) is 0 Å². The maximum Gasteiger partial charge on any atom is 0.391 e. The van der Waals surface area contributed by atoms with Crippen LogP contribution in [0.5, 0.6) is 0 Å². The fraction of sp³-hybridized carbons (Fsp3) is 1.00. The smallest absolute Gasteiger partial charge is 0.375 e. The van der Waals surface area contributed by atoms with Gasteiger partial charge in [-0.25, -0.2) is 8.78 Å². The van der Waals surface area contributed by atoms with Crippen LogP contribution < -0.4 is 5.32 Å². The van der Waals surface area contributed by atoms with Crippen molar-refractivity contribution < 1.29 is 26.7 Å². The molecule has 0 unspecified atom stereocenters. The van der Waals surface area contributed by atoms with Crippen molar-refractivity contribution >= 4 is 0 Å². The summed E-state index contributed by atoms with van der Waals surface area (Å²) >= 11 is 0. The van der Waals surface area contributed by atoms with Crippen molar-refractivity contribution in [1.82, 2.24) is 5.32 Å². The largest absolute Gasteiger partial charge is 0.391 e. The minimum Gasteiger partial charge on any atom is -0.375 e. The number of hydrogen-bond donors (Lipinski definition) is 1. The fourth-order valence-electron chi connectivity index (χ4n) is 0.719. The molecular formula is C7H12F5NO. The number of rotatable bonds is 6. The summed E-state index contributed by atoms with van der Waals surface area (Å²) in [5, 5.41) is 2.21. The van der Waals surface area contributed by atoms with Crippen molar-refractivity contribution in [3.05, 3.63) is 0 Å². The number of nitrogens with one attached hydrogen (secondary N) is 1. The Kier molecular flexibility index (Phi) is 5.28. The highest BCUT2D eigenvalue weighted by Gasteiger charge is 2.30. The minimum absolute atomic E-state index is 0.612. The molecule has 0 aliphatic carbocycles. The van der Waals surface area contributed by atoms with E-state index < -0.39 is 38.3 Å². The van der Waals surface area contributed by atoms with Gasteiger partial charge in [0.2, 0.25) is 0 Å². The first-order valence-corrected chi connectivity index (χ1v) is 3.94. The highest BCUT2D eigenvalue weighted by atomic mass is 19.4. The van der Waals surface area contributed by atoms with Gasteiger partial charge in [-0.1, -0.05) is 0 Å². The molecule has 0 aliphatic heterocycles. The first-order chi connectivity index (χ1) is 6.27. The summed E-state index contributed by atoms with van der Waals surface area (Å²) in [5.41, 5.74) is 0. The van der Waals surface area contributed by atoms with Gasteiger partial charge in [0.05, 0.1) is 19.6 Å². The van der Waals surface area contributed by atoms with Crippen molar-refractivity contribution in [2.45, 2.75) is 18.5 Å². The molecule has 14 heavy (non-hydrogen) atoms. The van der Waals surface area contributed by atoms with Crippen molar-refractivity contribution in [3.63, 3.8) is 0 Å². The Morgan fingerprint density at radius 3 is 2.14 bits per heavy atom. The van der Waals surface area contributed by atoms with Gasteiger partial charge in [-0.3, -0.25) is 0 Å². The Morgan fingerprint density at radius 2 is 1.71 bits per heavy atom. The normalized spacial score (nSPS) is 13.3. The molecule has 0 spiro atoms. The Labute approximate surface area is 78.4 Å². The zero-order valence-corrected chi connectivity index (χ0v) is 7.63. The van der Waals surface area contributed by atoms with Crippen molar-refractivity contribution in [2.75, 3.05) is 26.8 Å². The summed E-state index contributed by atoms with van der Waals surface area (Å²) in [6.45, 7) is -2.34. The van der Waals surface area contributed by atoms with Crippen LogP contribution in [0, 0.1) is 0 Å². The first-order valence-electron chi connectivity index (χ1n) is 3.94. The van der Waals surface area contributed by atoms with Crippen LogP contribution >= 0.6 is 0 Å².